The Hall–Kier alpha value is -1.92. The lowest BCUT2D eigenvalue weighted by Gasteiger charge is -2.31. The second-order valence-corrected chi connectivity index (χ2v) is 7.53. The number of halogens is 1. The molecular weight excluding hydrogens is 348 g/mol. The second-order valence-electron chi connectivity index (χ2n) is 6.06. The van der Waals surface area contributed by atoms with E-state index in [2.05, 4.69) is 11.8 Å². The van der Waals surface area contributed by atoms with Crippen LogP contribution in [0.25, 0.3) is 0 Å². The number of benzene rings is 1. The fourth-order valence-corrected chi connectivity index (χ4v) is 3.92. The molecule has 126 valence electrons. The molecule has 1 fully saturated rings. The van der Waals surface area contributed by atoms with Crippen molar-refractivity contribution < 1.29 is 9.72 Å². The van der Waals surface area contributed by atoms with E-state index < -0.39 is 4.92 Å². The van der Waals surface area contributed by atoms with E-state index in [-0.39, 0.29) is 10.8 Å². The van der Waals surface area contributed by atoms with E-state index in [1.165, 1.54) is 6.07 Å². The van der Waals surface area contributed by atoms with E-state index >= 15 is 0 Å². The largest absolute Gasteiger partial charge is 0.370 e. The summed E-state index contributed by atoms with van der Waals surface area (Å²) in [6, 6.07) is 8.14. The Bertz CT molecular complexity index is 765. The highest BCUT2D eigenvalue weighted by Gasteiger charge is 2.27. The fraction of sp³-hybridized carbons (Fsp3) is 0.353. The predicted octanol–water partition coefficient (Wildman–Crippen LogP) is 4.78. The number of thiophene rings is 1. The lowest BCUT2D eigenvalue weighted by atomic mass is 9.98. The lowest BCUT2D eigenvalue weighted by molar-refractivity contribution is -0.380. The van der Waals surface area contributed by atoms with Gasteiger partial charge in [-0.25, -0.2) is 0 Å². The molecule has 0 saturated carbocycles. The number of hydrogen-bond donors (Lipinski definition) is 0. The molecule has 2 aromatic rings. The van der Waals surface area contributed by atoms with Gasteiger partial charge in [0.15, 0.2) is 0 Å². The van der Waals surface area contributed by atoms with Crippen molar-refractivity contribution in [2.75, 3.05) is 18.0 Å². The molecule has 1 aliphatic rings. The summed E-state index contributed by atoms with van der Waals surface area (Å²) in [5.74, 6) is 0.448. The Labute approximate surface area is 149 Å². The number of rotatable bonds is 4. The van der Waals surface area contributed by atoms with Crippen LogP contribution >= 0.6 is 22.9 Å². The van der Waals surface area contributed by atoms with E-state index in [9.17, 15) is 14.9 Å². The molecule has 0 radical (unpaired) electrons. The smallest absolute Gasteiger partial charge is 0.326 e. The van der Waals surface area contributed by atoms with Crippen molar-refractivity contribution in [2.24, 2.45) is 5.92 Å². The zero-order valence-corrected chi connectivity index (χ0v) is 14.8. The van der Waals surface area contributed by atoms with Crippen LogP contribution in [-0.4, -0.2) is 23.8 Å². The molecule has 0 atom stereocenters. The van der Waals surface area contributed by atoms with Gasteiger partial charge in [-0.3, -0.25) is 14.9 Å². The molecule has 5 nitrogen and oxygen atoms in total. The van der Waals surface area contributed by atoms with E-state index in [4.69, 9.17) is 11.6 Å². The van der Waals surface area contributed by atoms with Gasteiger partial charge in [-0.2, -0.15) is 0 Å². The highest BCUT2D eigenvalue weighted by Crippen LogP contribution is 2.38. The topological polar surface area (TPSA) is 63.4 Å². The minimum Gasteiger partial charge on any atom is -0.370 e. The predicted molar refractivity (Wildman–Crippen MR) is 96.5 cm³/mol. The van der Waals surface area contributed by atoms with Crippen LogP contribution in [0.3, 0.4) is 0 Å². The normalized spacial score (nSPS) is 15.5. The third-order valence-corrected chi connectivity index (χ3v) is 5.64. The van der Waals surface area contributed by atoms with Gasteiger partial charge in [0.1, 0.15) is 4.88 Å². The van der Waals surface area contributed by atoms with Crippen LogP contribution in [0.15, 0.2) is 30.3 Å². The first-order valence-electron chi connectivity index (χ1n) is 7.79. The number of carbonyl (C=O) groups is 1. The van der Waals surface area contributed by atoms with Crippen molar-refractivity contribution in [3.63, 3.8) is 0 Å². The quantitative estimate of drug-likeness (QED) is 0.445. The van der Waals surface area contributed by atoms with Crippen LogP contribution in [0.4, 0.5) is 10.7 Å². The number of anilines is 1. The summed E-state index contributed by atoms with van der Waals surface area (Å²) in [7, 11) is 0. The summed E-state index contributed by atoms with van der Waals surface area (Å²) >= 11 is 6.81. The van der Waals surface area contributed by atoms with E-state index in [0.717, 1.165) is 37.3 Å². The maximum absolute atomic E-state index is 12.8. The Morgan fingerprint density at radius 2 is 1.92 bits per heavy atom. The van der Waals surface area contributed by atoms with Crippen molar-refractivity contribution in [3.05, 3.63) is 55.9 Å². The van der Waals surface area contributed by atoms with Crippen LogP contribution in [0.2, 0.25) is 5.02 Å². The number of carbonyl (C=O) groups excluding carboxylic acids is 1. The van der Waals surface area contributed by atoms with Gasteiger partial charge in [-0.1, -0.05) is 29.9 Å². The van der Waals surface area contributed by atoms with Crippen molar-refractivity contribution in [3.8, 4) is 0 Å². The molecule has 0 unspecified atom stereocenters. The average molecular weight is 365 g/mol. The van der Waals surface area contributed by atoms with E-state index in [0.29, 0.717) is 27.1 Å². The molecule has 24 heavy (non-hydrogen) atoms. The number of nitro groups is 1. The van der Waals surface area contributed by atoms with Crippen LogP contribution in [0.5, 0.6) is 0 Å². The summed E-state index contributed by atoms with van der Waals surface area (Å²) in [6.45, 7) is 3.83. The molecule has 1 saturated heterocycles. The Morgan fingerprint density at radius 3 is 2.50 bits per heavy atom. The lowest BCUT2D eigenvalue weighted by Crippen LogP contribution is -2.33. The van der Waals surface area contributed by atoms with Crippen LogP contribution in [-0.2, 0) is 0 Å². The molecule has 3 rings (SSSR count). The van der Waals surface area contributed by atoms with Crippen molar-refractivity contribution in [1.29, 1.82) is 0 Å². The highest BCUT2D eigenvalue weighted by molar-refractivity contribution is 7.18. The molecule has 1 aliphatic heterocycles. The number of piperidine rings is 1. The van der Waals surface area contributed by atoms with Crippen LogP contribution < -0.4 is 4.90 Å². The summed E-state index contributed by atoms with van der Waals surface area (Å²) in [5, 5.41) is 11.7. The summed E-state index contributed by atoms with van der Waals surface area (Å²) in [4.78, 5) is 26.1. The summed E-state index contributed by atoms with van der Waals surface area (Å²) < 4.78 is 0. The highest BCUT2D eigenvalue weighted by atomic mass is 35.5. The Morgan fingerprint density at radius 1 is 1.29 bits per heavy atom. The van der Waals surface area contributed by atoms with Gasteiger partial charge >= 0.3 is 5.00 Å². The molecule has 0 aliphatic carbocycles. The molecule has 2 heterocycles. The van der Waals surface area contributed by atoms with Crippen molar-refractivity contribution >= 4 is 39.4 Å². The third-order valence-electron chi connectivity index (χ3n) is 4.32. The number of nitrogens with zero attached hydrogens (tertiary/aromatic N) is 2. The SMILES string of the molecule is CC1CCN(c2cc([N+](=O)[O-])sc2C(=O)c2ccc(Cl)cc2)CC1. The molecule has 0 bridgehead atoms. The van der Waals surface area contributed by atoms with E-state index in [1.54, 1.807) is 24.3 Å². The molecule has 1 aromatic carbocycles. The van der Waals surface area contributed by atoms with Crippen molar-refractivity contribution in [1.82, 2.24) is 0 Å². The molecular formula is C17H17ClN2O3S. The first-order valence-corrected chi connectivity index (χ1v) is 8.98. The molecule has 7 heteroatoms. The Kier molecular flexibility index (Phi) is 4.87. The van der Waals surface area contributed by atoms with Crippen LogP contribution in [0, 0.1) is 16.0 Å². The summed E-state index contributed by atoms with van der Waals surface area (Å²) in [5.41, 5.74) is 1.17. The Balaban J connectivity index is 1.97. The van der Waals surface area contributed by atoms with Gasteiger partial charge in [0.2, 0.25) is 5.78 Å². The first kappa shape index (κ1) is 16.9. The maximum Gasteiger partial charge on any atom is 0.326 e. The zero-order valence-electron chi connectivity index (χ0n) is 13.2. The fourth-order valence-electron chi connectivity index (χ4n) is 2.84. The summed E-state index contributed by atoms with van der Waals surface area (Å²) in [6.07, 6.45) is 2.05. The maximum atomic E-state index is 12.8. The standard InChI is InChI=1S/C17H17ClN2O3S/c1-11-6-8-19(9-7-11)14-10-15(20(22)23)24-17(14)16(21)12-2-4-13(18)5-3-12/h2-5,10-11H,6-9H2,1H3. The number of ketones is 1. The number of hydrogen-bond acceptors (Lipinski definition) is 5. The molecule has 0 amide bonds. The molecule has 1 aromatic heterocycles. The first-order chi connectivity index (χ1) is 11.5. The van der Waals surface area contributed by atoms with Gasteiger partial charge in [-0.15, -0.1) is 0 Å². The third kappa shape index (κ3) is 3.44. The molecule has 0 N–H and O–H groups in total. The molecule has 0 spiro atoms. The van der Waals surface area contributed by atoms with Gasteiger partial charge in [-0.05, 0) is 43.0 Å². The van der Waals surface area contributed by atoms with Crippen molar-refractivity contribution in [2.45, 2.75) is 19.8 Å². The van der Waals surface area contributed by atoms with Gasteiger partial charge < -0.3 is 4.90 Å². The van der Waals surface area contributed by atoms with E-state index in [1.807, 2.05) is 0 Å². The average Bonchev–Trinajstić information content (AvgIpc) is 3.01. The minimum atomic E-state index is -0.431. The minimum absolute atomic E-state index is 0.000866. The monoisotopic (exact) mass is 364 g/mol. The second kappa shape index (κ2) is 6.91. The van der Waals surface area contributed by atoms with Gasteiger partial charge in [0, 0.05) is 23.7 Å². The zero-order chi connectivity index (χ0) is 17.3. The van der Waals surface area contributed by atoms with Gasteiger partial charge in [0.05, 0.1) is 16.7 Å². The van der Waals surface area contributed by atoms with Gasteiger partial charge in [0.25, 0.3) is 0 Å². The van der Waals surface area contributed by atoms with Crippen LogP contribution in [0.1, 0.15) is 35.0 Å².